The second-order valence-corrected chi connectivity index (χ2v) is 11.5. The van der Waals surface area contributed by atoms with E-state index in [4.69, 9.17) is 0 Å². The van der Waals surface area contributed by atoms with Crippen LogP contribution in [-0.4, -0.2) is 70.0 Å². The molecule has 0 aliphatic carbocycles. The lowest BCUT2D eigenvalue weighted by atomic mass is 9.88. The molecular weight excluding hydrogens is 562 g/mol. The highest BCUT2D eigenvalue weighted by Crippen LogP contribution is 2.36. The molecule has 8 heteroatoms. The lowest BCUT2D eigenvalue weighted by Crippen LogP contribution is -2.74. The van der Waals surface area contributed by atoms with Crippen molar-refractivity contribution in [1.82, 2.24) is 25.1 Å². The van der Waals surface area contributed by atoms with E-state index in [1.54, 1.807) is 14.9 Å². The van der Waals surface area contributed by atoms with Gasteiger partial charge in [-0.05, 0) is 28.7 Å². The maximum atomic E-state index is 14.3. The summed E-state index contributed by atoms with van der Waals surface area (Å²) in [7, 11) is 0. The maximum absolute atomic E-state index is 14.3. The number of hydrazine groups is 1. The SMILES string of the molecule is CCN1CC(=O)N2[C@@H](c3ccccc3)C(=O)N(CCC(c3ccccc3)c3ccccc3)C[C@@H]2N1C(=O)NCc1ccccc1. The monoisotopic (exact) mass is 601 g/mol. The third-order valence-corrected chi connectivity index (χ3v) is 8.79. The van der Waals surface area contributed by atoms with Crippen molar-refractivity contribution in [2.45, 2.75) is 38.0 Å². The van der Waals surface area contributed by atoms with Crippen LogP contribution in [0.3, 0.4) is 0 Å². The van der Waals surface area contributed by atoms with Gasteiger partial charge in [-0.15, -0.1) is 0 Å². The molecule has 1 N–H and O–H groups in total. The molecule has 0 aromatic heterocycles. The van der Waals surface area contributed by atoms with Crippen LogP contribution in [0.2, 0.25) is 0 Å². The minimum Gasteiger partial charge on any atom is -0.337 e. The van der Waals surface area contributed by atoms with Crippen molar-refractivity contribution in [3.63, 3.8) is 0 Å². The van der Waals surface area contributed by atoms with Gasteiger partial charge in [0.25, 0.3) is 0 Å². The van der Waals surface area contributed by atoms with Crippen molar-refractivity contribution >= 4 is 17.8 Å². The number of rotatable bonds is 9. The number of benzene rings is 4. The number of hydrogen-bond donors (Lipinski definition) is 1. The van der Waals surface area contributed by atoms with Gasteiger partial charge in [0.1, 0.15) is 12.2 Å². The molecule has 0 bridgehead atoms. The number of carbonyl (C=O) groups excluding carboxylic acids is 3. The summed E-state index contributed by atoms with van der Waals surface area (Å²) in [5.74, 6) is -0.207. The molecule has 230 valence electrons. The third kappa shape index (κ3) is 6.47. The van der Waals surface area contributed by atoms with Gasteiger partial charge < -0.3 is 15.1 Å². The lowest BCUT2D eigenvalue weighted by Gasteiger charge is -2.55. The van der Waals surface area contributed by atoms with Crippen molar-refractivity contribution in [3.8, 4) is 0 Å². The van der Waals surface area contributed by atoms with Gasteiger partial charge in [0.2, 0.25) is 11.8 Å². The number of piperazine rings is 1. The second-order valence-electron chi connectivity index (χ2n) is 11.5. The summed E-state index contributed by atoms with van der Waals surface area (Å²) in [6, 6.07) is 38.8. The molecule has 8 nitrogen and oxygen atoms in total. The van der Waals surface area contributed by atoms with E-state index in [0.717, 1.165) is 11.1 Å². The molecule has 2 fully saturated rings. The summed E-state index contributed by atoms with van der Waals surface area (Å²) < 4.78 is 0. The van der Waals surface area contributed by atoms with E-state index in [2.05, 4.69) is 29.6 Å². The standard InChI is InChI=1S/C37H39N5O3/c1-2-40-27-34(43)41-33(42(40)37(45)38-25-28-15-7-3-8-16-28)26-39(36(44)35(41)31-21-13-6-14-22-31)24-23-32(29-17-9-4-10-18-29)30-19-11-5-12-20-30/h3-22,32-33,35H,2,23-27H2,1H3,(H,38,45)/t33-,35-/m0/s1. The van der Waals surface area contributed by atoms with Crippen LogP contribution in [0.25, 0.3) is 0 Å². The van der Waals surface area contributed by atoms with Gasteiger partial charge in [0.05, 0.1) is 13.1 Å². The Morgan fingerprint density at radius 1 is 0.800 bits per heavy atom. The van der Waals surface area contributed by atoms with Crippen LogP contribution in [0.4, 0.5) is 4.79 Å². The van der Waals surface area contributed by atoms with E-state index in [1.165, 1.54) is 11.1 Å². The Bertz CT molecular complexity index is 1550. The molecule has 2 saturated heterocycles. The van der Waals surface area contributed by atoms with Crippen molar-refractivity contribution < 1.29 is 14.4 Å². The summed E-state index contributed by atoms with van der Waals surface area (Å²) in [5, 5.41) is 6.51. The van der Waals surface area contributed by atoms with Crippen molar-refractivity contribution in [1.29, 1.82) is 0 Å². The van der Waals surface area contributed by atoms with Crippen LogP contribution in [0, 0.1) is 0 Å². The van der Waals surface area contributed by atoms with Crippen molar-refractivity contribution in [2.75, 3.05) is 26.2 Å². The molecule has 4 amide bonds. The third-order valence-electron chi connectivity index (χ3n) is 8.79. The van der Waals surface area contributed by atoms with E-state index < -0.39 is 12.2 Å². The second kappa shape index (κ2) is 13.8. The molecule has 0 spiro atoms. The molecule has 0 unspecified atom stereocenters. The number of hydrogen-bond acceptors (Lipinski definition) is 4. The predicted octanol–water partition coefficient (Wildman–Crippen LogP) is 5.41. The minimum atomic E-state index is -0.826. The fraction of sp³-hybridized carbons (Fsp3) is 0.270. The summed E-state index contributed by atoms with van der Waals surface area (Å²) in [6.45, 7) is 3.48. The van der Waals surface area contributed by atoms with Gasteiger partial charge >= 0.3 is 6.03 Å². The zero-order valence-corrected chi connectivity index (χ0v) is 25.5. The van der Waals surface area contributed by atoms with Crippen molar-refractivity contribution in [2.24, 2.45) is 0 Å². The minimum absolute atomic E-state index is 0.0203. The van der Waals surface area contributed by atoms with Gasteiger partial charge in [-0.3, -0.25) is 9.59 Å². The summed E-state index contributed by atoms with van der Waals surface area (Å²) in [4.78, 5) is 45.5. The predicted molar refractivity (Wildman–Crippen MR) is 174 cm³/mol. The van der Waals surface area contributed by atoms with Gasteiger partial charge in [-0.1, -0.05) is 128 Å². The first-order chi connectivity index (χ1) is 22.0. The zero-order chi connectivity index (χ0) is 31.2. The smallest absolute Gasteiger partial charge is 0.334 e. The first-order valence-electron chi connectivity index (χ1n) is 15.7. The average Bonchev–Trinajstić information content (AvgIpc) is 3.09. The molecule has 0 saturated carbocycles. The number of likely N-dealkylation sites (N-methyl/N-ethyl adjacent to an activating group) is 1. The van der Waals surface area contributed by atoms with Gasteiger partial charge in [0.15, 0.2) is 0 Å². The Morgan fingerprint density at radius 2 is 1.36 bits per heavy atom. The van der Waals surface area contributed by atoms with Crippen LogP contribution in [-0.2, 0) is 16.1 Å². The Morgan fingerprint density at radius 3 is 1.93 bits per heavy atom. The molecule has 6 rings (SSSR count). The maximum Gasteiger partial charge on any atom is 0.334 e. The number of carbonyl (C=O) groups is 3. The Hall–Kier alpha value is -4.95. The van der Waals surface area contributed by atoms with E-state index in [1.807, 2.05) is 109 Å². The van der Waals surface area contributed by atoms with E-state index in [0.29, 0.717) is 26.1 Å². The number of urea groups is 1. The molecule has 45 heavy (non-hydrogen) atoms. The van der Waals surface area contributed by atoms with E-state index in [9.17, 15) is 14.4 Å². The van der Waals surface area contributed by atoms with Crippen LogP contribution < -0.4 is 5.32 Å². The number of nitrogens with zero attached hydrogens (tertiary/aromatic N) is 4. The average molecular weight is 602 g/mol. The number of fused-ring (bicyclic) bond motifs is 1. The topological polar surface area (TPSA) is 76.2 Å². The molecule has 2 heterocycles. The summed E-state index contributed by atoms with van der Waals surface area (Å²) >= 11 is 0. The largest absolute Gasteiger partial charge is 0.337 e. The zero-order valence-electron chi connectivity index (χ0n) is 25.5. The highest BCUT2D eigenvalue weighted by molar-refractivity contribution is 5.92. The fourth-order valence-corrected chi connectivity index (χ4v) is 6.55. The van der Waals surface area contributed by atoms with Crippen LogP contribution >= 0.6 is 0 Å². The fourth-order valence-electron chi connectivity index (χ4n) is 6.55. The Labute approximate surface area is 264 Å². The molecular formula is C37H39N5O3. The van der Waals surface area contributed by atoms with Crippen molar-refractivity contribution in [3.05, 3.63) is 144 Å². The summed E-state index contributed by atoms with van der Waals surface area (Å²) in [5.41, 5.74) is 4.08. The van der Waals surface area contributed by atoms with E-state index in [-0.39, 0.29) is 36.9 Å². The highest BCUT2D eigenvalue weighted by atomic mass is 16.2. The molecule has 4 aromatic carbocycles. The number of nitrogens with one attached hydrogen (secondary N) is 1. The molecule has 2 aliphatic heterocycles. The Balaban J connectivity index is 1.32. The molecule has 2 aliphatic rings. The quantitative estimate of drug-likeness (QED) is 0.279. The van der Waals surface area contributed by atoms with E-state index >= 15 is 0 Å². The first-order valence-corrected chi connectivity index (χ1v) is 15.7. The van der Waals surface area contributed by atoms with Gasteiger partial charge in [-0.25, -0.2) is 14.8 Å². The molecule has 0 radical (unpaired) electrons. The van der Waals surface area contributed by atoms with Gasteiger partial charge in [0, 0.05) is 25.6 Å². The normalized spacial score (nSPS) is 18.7. The van der Waals surface area contributed by atoms with Crippen LogP contribution in [0.15, 0.2) is 121 Å². The highest BCUT2D eigenvalue weighted by Gasteiger charge is 2.51. The Kier molecular flexibility index (Phi) is 9.22. The number of amides is 4. The summed E-state index contributed by atoms with van der Waals surface area (Å²) in [6.07, 6.45) is 0.0383. The first kappa shape index (κ1) is 30.1. The molecule has 4 aromatic rings. The van der Waals surface area contributed by atoms with Crippen LogP contribution in [0.1, 0.15) is 47.6 Å². The van der Waals surface area contributed by atoms with Crippen LogP contribution in [0.5, 0.6) is 0 Å². The lowest BCUT2D eigenvalue weighted by molar-refractivity contribution is -0.190. The molecule has 2 atom stereocenters. The van der Waals surface area contributed by atoms with Gasteiger partial charge in [-0.2, -0.15) is 0 Å².